The van der Waals surface area contributed by atoms with E-state index < -0.39 is 0 Å². The van der Waals surface area contributed by atoms with Crippen molar-refractivity contribution >= 4 is 23.5 Å². The summed E-state index contributed by atoms with van der Waals surface area (Å²) >= 11 is 1.59. The van der Waals surface area contributed by atoms with E-state index in [0.717, 1.165) is 10.6 Å². The molecule has 4 rings (SSSR count). The number of anilines is 1. The summed E-state index contributed by atoms with van der Waals surface area (Å²) in [4.78, 5) is 33.8. The highest BCUT2D eigenvalue weighted by molar-refractivity contribution is 7.99. The fraction of sp³-hybridized carbons (Fsp3) is 0.217. The van der Waals surface area contributed by atoms with Gasteiger partial charge in [-0.3, -0.25) is 14.6 Å². The number of benzene rings is 1. The third-order valence-electron chi connectivity index (χ3n) is 4.92. The van der Waals surface area contributed by atoms with Gasteiger partial charge in [0, 0.05) is 22.2 Å². The van der Waals surface area contributed by atoms with Gasteiger partial charge in [-0.05, 0) is 43.4 Å². The standard InChI is InChI=1S/C23H23N5O3S/c1-4-15-14(3)24-23(26-21(15)29)28-20(13-17(27-28)18-10-8-12-31-18)25-22(30)16-9-6-7-11-19(16)32-5-2/h6-13H,4-5H2,1-3H3,(H,25,30)(H,24,26,29). The summed E-state index contributed by atoms with van der Waals surface area (Å²) in [6, 6.07) is 12.6. The smallest absolute Gasteiger partial charge is 0.257 e. The van der Waals surface area contributed by atoms with Crippen LogP contribution in [0.1, 0.15) is 35.5 Å². The first-order valence-corrected chi connectivity index (χ1v) is 11.3. The highest BCUT2D eigenvalue weighted by Crippen LogP contribution is 2.26. The summed E-state index contributed by atoms with van der Waals surface area (Å²) in [5, 5.41) is 7.45. The maximum atomic E-state index is 13.1. The lowest BCUT2D eigenvalue weighted by Crippen LogP contribution is -2.22. The van der Waals surface area contributed by atoms with Crippen LogP contribution in [0.15, 0.2) is 62.8 Å². The molecule has 0 bridgehead atoms. The molecule has 0 unspecified atom stereocenters. The average molecular weight is 450 g/mol. The molecule has 0 saturated carbocycles. The summed E-state index contributed by atoms with van der Waals surface area (Å²) in [7, 11) is 0. The van der Waals surface area contributed by atoms with Crippen molar-refractivity contribution in [2.24, 2.45) is 0 Å². The Balaban J connectivity index is 1.78. The van der Waals surface area contributed by atoms with Crippen LogP contribution in [0, 0.1) is 6.92 Å². The lowest BCUT2D eigenvalue weighted by Gasteiger charge is -2.11. The summed E-state index contributed by atoms with van der Waals surface area (Å²) < 4.78 is 6.88. The largest absolute Gasteiger partial charge is 0.463 e. The highest BCUT2D eigenvalue weighted by atomic mass is 32.2. The van der Waals surface area contributed by atoms with Crippen molar-refractivity contribution in [2.75, 3.05) is 11.1 Å². The zero-order valence-electron chi connectivity index (χ0n) is 18.0. The topological polar surface area (TPSA) is 106 Å². The summed E-state index contributed by atoms with van der Waals surface area (Å²) in [6.45, 7) is 5.72. The van der Waals surface area contributed by atoms with E-state index in [9.17, 15) is 9.59 Å². The minimum Gasteiger partial charge on any atom is -0.463 e. The molecule has 4 aromatic rings. The number of amides is 1. The van der Waals surface area contributed by atoms with E-state index in [1.165, 1.54) is 4.68 Å². The molecule has 3 heterocycles. The second kappa shape index (κ2) is 9.27. The Bertz CT molecular complexity index is 1310. The Morgan fingerprint density at radius 3 is 2.72 bits per heavy atom. The van der Waals surface area contributed by atoms with Crippen molar-refractivity contribution in [2.45, 2.75) is 32.1 Å². The van der Waals surface area contributed by atoms with Gasteiger partial charge in [-0.1, -0.05) is 26.0 Å². The van der Waals surface area contributed by atoms with Gasteiger partial charge < -0.3 is 9.73 Å². The minimum absolute atomic E-state index is 0.217. The number of nitrogens with one attached hydrogen (secondary N) is 2. The number of aryl methyl sites for hydroxylation is 1. The molecular formula is C23H23N5O3S. The summed E-state index contributed by atoms with van der Waals surface area (Å²) in [5.74, 6) is 1.68. The monoisotopic (exact) mass is 449 g/mol. The third-order valence-corrected chi connectivity index (χ3v) is 5.88. The lowest BCUT2D eigenvalue weighted by atomic mass is 10.2. The van der Waals surface area contributed by atoms with Crippen LogP contribution < -0.4 is 10.9 Å². The van der Waals surface area contributed by atoms with Crippen LogP contribution >= 0.6 is 11.8 Å². The molecule has 1 aromatic carbocycles. The molecule has 1 amide bonds. The van der Waals surface area contributed by atoms with Gasteiger partial charge in [-0.2, -0.15) is 9.78 Å². The van der Waals surface area contributed by atoms with Crippen LogP contribution in [0.4, 0.5) is 5.82 Å². The fourth-order valence-corrected chi connectivity index (χ4v) is 4.21. The first-order chi connectivity index (χ1) is 15.5. The molecule has 0 aliphatic rings. The molecule has 0 aliphatic heterocycles. The minimum atomic E-state index is -0.280. The van der Waals surface area contributed by atoms with E-state index >= 15 is 0 Å². The number of aromatic amines is 1. The maximum Gasteiger partial charge on any atom is 0.257 e. The predicted octanol–water partition coefficient (Wildman–Crippen LogP) is 4.45. The molecule has 0 spiro atoms. The molecule has 164 valence electrons. The molecular weight excluding hydrogens is 426 g/mol. The SMILES string of the molecule is CCSc1ccccc1C(=O)Nc1cc(-c2ccco2)nn1-c1nc(C)c(CC)c(=O)[nH]1. The summed E-state index contributed by atoms with van der Waals surface area (Å²) in [5.41, 5.74) is 2.06. The van der Waals surface area contributed by atoms with Gasteiger partial charge in [0.25, 0.3) is 11.5 Å². The number of aromatic nitrogens is 4. The third kappa shape index (κ3) is 4.24. The molecule has 0 aliphatic carbocycles. The van der Waals surface area contributed by atoms with Crippen LogP contribution in [0.25, 0.3) is 17.4 Å². The Hall–Kier alpha value is -3.59. The van der Waals surface area contributed by atoms with Crippen molar-refractivity contribution in [1.29, 1.82) is 0 Å². The fourth-order valence-electron chi connectivity index (χ4n) is 3.41. The van der Waals surface area contributed by atoms with E-state index in [1.807, 2.05) is 32.0 Å². The number of rotatable bonds is 7. The first-order valence-electron chi connectivity index (χ1n) is 10.3. The zero-order chi connectivity index (χ0) is 22.7. The first kappa shape index (κ1) is 21.6. The van der Waals surface area contributed by atoms with Gasteiger partial charge in [0.05, 0.1) is 11.8 Å². The number of furan rings is 1. The lowest BCUT2D eigenvalue weighted by molar-refractivity contribution is 0.102. The molecule has 0 atom stereocenters. The van der Waals surface area contributed by atoms with Crippen LogP contribution in [-0.4, -0.2) is 31.4 Å². The molecule has 9 heteroatoms. The Kier molecular flexibility index (Phi) is 6.27. The van der Waals surface area contributed by atoms with Gasteiger partial charge in [-0.15, -0.1) is 11.8 Å². The highest BCUT2D eigenvalue weighted by Gasteiger charge is 2.19. The van der Waals surface area contributed by atoms with Crippen molar-refractivity contribution in [3.8, 4) is 17.4 Å². The molecule has 2 N–H and O–H groups in total. The number of H-pyrrole nitrogens is 1. The van der Waals surface area contributed by atoms with E-state index in [-0.39, 0.29) is 17.4 Å². The van der Waals surface area contributed by atoms with Crippen LogP contribution in [0.5, 0.6) is 0 Å². The number of carbonyl (C=O) groups is 1. The Morgan fingerprint density at radius 2 is 2.03 bits per heavy atom. The average Bonchev–Trinajstić information content (AvgIpc) is 3.44. The number of hydrogen-bond donors (Lipinski definition) is 2. The van der Waals surface area contributed by atoms with Gasteiger partial charge >= 0.3 is 0 Å². The van der Waals surface area contributed by atoms with Crippen molar-refractivity contribution in [1.82, 2.24) is 19.7 Å². The molecule has 8 nitrogen and oxygen atoms in total. The molecule has 32 heavy (non-hydrogen) atoms. The van der Waals surface area contributed by atoms with E-state index in [0.29, 0.717) is 40.5 Å². The van der Waals surface area contributed by atoms with Gasteiger partial charge in [0.15, 0.2) is 5.76 Å². The molecule has 0 saturated heterocycles. The Morgan fingerprint density at radius 1 is 1.22 bits per heavy atom. The van der Waals surface area contributed by atoms with Gasteiger partial charge in [0.1, 0.15) is 11.5 Å². The number of nitrogens with zero attached hydrogens (tertiary/aromatic N) is 3. The number of hydrogen-bond acceptors (Lipinski definition) is 6. The summed E-state index contributed by atoms with van der Waals surface area (Å²) in [6.07, 6.45) is 2.12. The number of thioether (sulfide) groups is 1. The maximum absolute atomic E-state index is 13.1. The van der Waals surface area contributed by atoms with E-state index in [1.54, 1.807) is 49.2 Å². The number of carbonyl (C=O) groups excluding carboxylic acids is 1. The molecule has 0 fully saturated rings. The second-order valence-electron chi connectivity index (χ2n) is 6.99. The van der Waals surface area contributed by atoms with E-state index in [2.05, 4.69) is 20.4 Å². The van der Waals surface area contributed by atoms with Crippen LogP contribution in [-0.2, 0) is 6.42 Å². The van der Waals surface area contributed by atoms with Gasteiger partial charge in [0.2, 0.25) is 5.95 Å². The normalized spacial score (nSPS) is 11.0. The molecule has 3 aromatic heterocycles. The van der Waals surface area contributed by atoms with Gasteiger partial charge in [-0.25, -0.2) is 4.98 Å². The zero-order valence-corrected chi connectivity index (χ0v) is 18.8. The van der Waals surface area contributed by atoms with Crippen LogP contribution in [0.2, 0.25) is 0 Å². The van der Waals surface area contributed by atoms with Crippen molar-refractivity contribution in [3.63, 3.8) is 0 Å². The predicted molar refractivity (Wildman–Crippen MR) is 125 cm³/mol. The quantitative estimate of drug-likeness (QED) is 0.404. The van der Waals surface area contributed by atoms with Crippen LogP contribution in [0.3, 0.4) is 0 Å². The van der Waals surface area contributed by atoms with E-state index in [4.69, 9.17) is 4.42 Å². The second-order valence-corrected chi connectivity index (χ2v) is 8.30. The van der Waals surface area contributed by atoms with Crippen molar-refractivity contribution in [3.05, 3.63) is 75.9 Å². The molecule has 0 radical (unpaired) electrons. The van der Waals surface area contributed by atoms with Crippen molar-refractivity contribution < 1.29 is 9.21 Å². The Labute approximate surface area is 189 Å².